The molecule has 0 bridgehead atoms. The smallest absolute Gasteiger partial charge is 0.255 e. The van der Waals surface area contributed by atoms with Crippen LogP contribution in [0, 0.1) is 6.92 Å². The van der Waals surface area contributed by atoms with E-state index in [9.17, 15) is 13.2 Å². The maximum absolute atomic E-state index is 12.6. The summed E-state index contributed by atoms with van der Waals surface area (Å²) >= 11 is 0. The van der Waals surface area contributed by atoms with Gasteiger partial charge in [-0.2, -0.15) is 0 Å². The number of hydrogen-bond acceptors (Lipinski definition) is 3. The Morgan fingerprint density at radius 1 is 0.885 bits per heavy atom. The molecule has 3 aromatic rings. The van der Waals surface area contributed by atoms with E-state index in [1.54, 1.807) is 60.7 Å². The van der Waals surface area contributed by atoms with Crippen LogP contribution in [0.4, 0.5) is 5.69 Å². The van der Waals surface area contributed by atoms with Crippen LogP contribution in [0.2, 0.25) is 0 Å². The number of hydrogen-bond donors (Lipinski definition) is 1. The molecule has 1 amide bonds. The van der Waals surface area contributed by atoms with Crippen molar-refractivity contribution in [3.05, 3.63) is 95.6 Å². The highest BCUT2D eigenvalue weighted by molar-refractivity contribution is 7.90. The predicted octanol–water partition coefficient (Wildman–Crippen LogP) is 4.22. The highest BCUT2D eigenvalue weighted by Crippen LogP contribution is 2.18. The first kappa shape index (κ1) is 17.9. The number of sulfone groups is 1. The molecule has 0 saturated carbocycles. The molecule has 0 aromatic heterocycles. The van der Waals surface area contributed by atoms with Crippen LogP contribution in [-0.2, 0) is 15.6 Å². The molecule has 0 atom stereocenters. The number of aryl methyl sites for hydroxylation is 1. The van der Waals surface area contributed by atoms with Crippen molar-refractivity contribution in [1.82, 2.24) is 0 Å². The molecule has 3 aromatic carbocycles. The number of carbonyl (C=O) groups is 1. The number of carbonyl (C=O) groups excluding carboxylic acids is 1. The lowest BCUT2D eigenvalue weighted by Gasteiger charge is -2.08. The summed E-state index contributed by atoms with van der Waals surface area (Å²) in [5.41, 5.74) is 2.69. The van der Waals surface area contributed by atoms with Gasteiger partial charge in [0.1, 0.15) is 0 Å². The number of benzene rings is 3. The molecule has 0 spiro atoms. The second-order valence-electron chi connectivity index (χ2n) is 6.09. The van der Waals surface area contributed by atoms with E-state index in [-0.39, 0.29) is 16.6 Å². The molecule has 0 aliphatic carbocycles. The molecule has 132 valence electrons. The van der Waals surface area contributed by atoms with Crippen molar-refractivity contribution in [2.24, 2.45) is 0 Å². The first-order valence-corrected chi connectivity index (χ1v) is 9.84. The van der Waals surface area contributed by atoms with Gasteiger partial charge in [-0.25, -0.2) is 8.42 Å². The molecular weight excluding hydrogens is 346 g/mol. The summed E-state index contributed by atoms with van der Waals surface area (Å²) in [6.07, 6.45) is 0. The summed E-state index contributed by atoms with van der Waals surface area (Å²) in [6.45, 7) is 1.91. The second kappa shape index (κ2) is 7.54. The minimum atomic E-state index is -3.46. The number of para-hydroxylation sites is 1. The summed E-state index contributed by atoms with van der Waals surface area (Å²) in [6, 6.07) is 22.6. The quantitative estimate of drug-likeness (QED) is 0.736. The molecule has 3 rings (SSSR count). The minimum absolute atomic E-state index is 0.150. The summed E-state index contributed by atoms with van der Waals surface area (Å²) in [4.78, 5) is 12.7. The third-order valence-electron chi connectivity index (χ3n) is 3.96. The third-order valence-corrected chi connectivity index (χ3v) is 5.66. The van der Waals surface area contributed by atoms with Crippen LogP contribution < -0.4 is 5.32 Å². The van der Waals surface area contributed by atoms with E-state index in [4.69, 9.17) is 0 Å². The van der Waals surface area contributed by atoms with Crippen LogP contribution in [0.1, 0.15) is 21.5 Å². The van der Waals surface area contributed by atoms with Crippen LogP contribution >= 0.6 is 0 Å². The molecule has 0 unspecified atom stereocenters. The molecule has 0 fully saturated rings. The van der Waals surface area contributed by atoms with Crippen LogP contribution in [0.15, 0.2) is 83.8 Å². The van der Waals surface area contributed by atoms with Crippen LogP contribution in [0.3, 0.4) is 0 Å². The minimum Gasteiger partial charge on any atom is -0.322 e. The van der Waals surface area contributed by atoms with Crippen molar-refractivity contribution < 1.29 is 13.2 Å². The Morgan fingerprint density at radius 2 is 1.58 bits per heavy atom. The largest absolute Gasteiger partial charge is 0.322 e. The Balaban J connectivity index is 1.78. The van der Waals surface area contributed by atoms with E-state index < -0.39 is 9.84 Å². The fourth-order valence-corrected chi connectivity index (χ4v) is 3.91. The maximum Gasteiger partial charge on any atom is 0.255 e. The zero-order valence-corrected chi connectivity index (χ0v) is 15.2. The van der Waals surface area contributed by atoms with Crippen LogP contribution in [0.5, 0.6) is 0 Å². The van der Waals surface area contributed by atoms with Gasteiger partial charge in [0.15, 0.2) is 9.84 Å². The first-order valence-electron chi connectivity index (χ1n) is 8.19. The van der Waals surface area contributed by atoms with Crippen molar-refractivity contribution in [2.75, 3.05) is 5.32 Å². The van der Waals surface area contributed by atoms with Crippen LogP contribution in [0.25, 0.3) is 0 Å². The van der Waals surface area contributed by atoms with Gasteiger partial charge in [0.25, 0.3) is 5.91 Å². The Bertz CT molecular complexity index is 1010. The molecular formula is C21H19NO3S. The SMILES string of the molecule is Cc1ccc(S(=O)(=O)Cc2cccc(C(=O)Nc3ccccc3)c2)cc1. The summed E-state index contributed by atoms with van der Waals surface area (Å²) in [5.74, 6) is -0.423. The molecule has 26 heavy (non-hydrogen) atoms. The first-order chi connectivity index (χ1) is 12.4. The van der Waals surface area contributed by atoms with E-state index in [1.165, 1.54) is 0 Å². The van der Waals surface area contributed by atoms with Gasteiger partial charge in [-0.3, -0.25) is 4.79 Å². The van der Waals surface area contributed by atoms with Gasteiger partial charge in [0.05, 0.1) is 10.6 Å². The van der Waals surface area contributed by atoms with Gasteiger partial charge < -0.3 is 5.32 Å². The number of anilines is 1. The number of amides is 1. The Kier molecular flexibility index (Phi) is 5.19. The van der Waals surface area contributed by atoms with Crippen molar-refractivity contribution in [3.63, 3.8) is 0 Å². The Hall–Kier alpha value is -2.92. The van der Waals surface area contributed by atoms with E-state index in [1.807, 2.05) is 25.1 Å². The number of nitrogens with one attached hydrogen (secondary N) is 1. The van der Waals surface area contributed by atoms with Crippen LogP contribution in [-0.4, -0.2) is 14.3 Å². The van der Waals surface area contributed by atoms with Gasteiger partial charge in [-0.15, -0.1) is 0 Å². The van der Waals surface area contributed by atoms with Crippen molar-refractivity contribution in [1.29, 1.82) is 0 Å². The van der Waals surface area contributed by atoms with Gasteiger partial charge >= 0.3 is 0 Å². The number of rotatable bonds is 5. The molecule has 4 nitrogen and oxygen atoms in total. The molecule has 0 aliphatic heterocycles. The van der Waals surface area contributed by atoms with E-state index in [0.29, 0.717) is 16.8 Å². The lowest BCUT2D eigenvalue weighted by atomic mass is 10.1. The average Bonchev–Trinajstić information content (AvgIpc) is 2.63. The van der Waals surface area contributed by atoms with E-state index in [0.717, 1.165) is 5.56 Å². The van der Waals surface area contributed by atoms with Crippen molar-refractivity contribution in [3.8, 4) is 0 Å². The zero-order chi connectivity index (χ0) is 18.6. The van der Waals surface area contributed by atoms with Crippen molar-refractivity contribution >= 4 is 21.4 Å². The highest BCUT2D eigenvalue weighted by atomic mass is 32.2. The third kappa shape index (κ3) is 4.37. The second-order valence-corrected chi connectivity index (χ2v) is 8.08. The topological polar surface area (TPSA) is 63.2 Å². The van der Waals surface area contributed by atoms with Gasteiger partial charge in [0, 0.05) is 11.3 Å². The fraction of sp³-hybridized carbons (Fsp3) is 0.0952. The Morgan fingerprint density at radius 3 is 2.27 bits per heavy atom. The monoisotopic (exact) mass is 365 g/mol. The van der Waals surface area contributed by atoms with Crippen molar-refractivity contribution in [2.45, 2.75) is 17.6 Å². The lowest BCUT2D eigenvalue weighted by molar-refractivity contribution is 0.102. The molecule has 0 radical (unpaired) electrons. The normalized spacial score (nSPS) is 11.1. The maximum atomic E-state index is 12.6. The summed E-state index contributed by atoms with van der Waals surface area (Å²) < 4.78 is 25.2. The van der Waals surface area contributed by atoms with Gasteiger partial charge in [-0.05, 0) is 48.9 Å². The Labute approximate surface area is 153 Å². The van der Waals surface area contributed by atoms with E-state index >= 15 is 0 Å². The summed E-state index contributed by atoms with van der Waals surface area (Å²) in [7, 11) is -3.46. The average molecular weight is 365 g/mol. The molecule has 0 aliphatic rings. The van der Waals surface area contributed by atoms with Gasteiger partial charge in [0.2, 0.25) is 0 Å². The molecule has 5 heteroatoms. The zero-order valence-electron chi connectivity index (χ0n) is 14.3. The van der Waals surface area contributed by atoms with Gasteiger partial charge in [-0.1, -0.05) is 48.0 Å². The lowest BCUT2D eigenvalue weighted by Crippen LogP contribution is -2.12. The molecule has 1 N–H and O–H groups in total. The highest BCUT2D eigenvalue weighted by Gasteiger charge is 2.16. The molecule has 0 heterocycles. The predicted molar refractivity (Wildman–Crippen MR) is 103 cm³/mol. The fourth-order valence-electron chi connectivity index (χ4n) is 2.58. The van der Waals surface area contributed by atoms with E-state index in [2.05, 4.69) is 5.32 Å². The summed E-state index contributed by atoms with van der Waals surface area (Å²) in [5, 5.41) is 2.80. The molecule has 0 saturated heterocycles. The standard InChI is InChI=1S/C21H19NO3S/c1-16-10-12-20(13-11-16)26(24,25)15-17-6-5-7-18(14-17)21(23)22-19-8-3-2-4-9-19/h2-14H,15H2,1H3,(H,22,23).